The van der Waals surface area contributed by atoms with E-state index in [0.29, 0.717) is 34.9 Å². The molecule has 0 saturated carbocycles. The van der Waals surface area contributed by atoms with Crippen molar-refractivity contribution in [3.63, 3.8) is 0 Å². The fraction of sp³-hybridized carbons (Fsp3) is 0.500. The SMILES string of the molecule is N/C(=N/CC(F)(F)F)Nc1nc(CSCCNc2nsnc2N)ns1. The molecule has 2 aromatic rings. The van der Waals surface area contributed by atoms with Crippen LogP contribution in [0.15, 0.2) is 4.99 Å². The molecule has 138 valence electrons. The summed E-state index contributed by atoms with van der Waals surface area (Å²) in [6, 6.07) is 0. The number of aromatic nitrogens is 4. The number of nitrogens with one attached hydrogen (secondary N) is 2. The van der Waals surface area contributed by atoms with Gasteiger partial charge in [0.15, 0.2) is 23.4 Å². The molecule has 15 heteroatoms. The Hall–Kier alpha value is -1.87. The monoisotopic (exact) mass is 413 g/mol. The van der Waals surface area contributed by atoms with Gasteiger partial charge in [-0.05, 0) is 0 Å². The van der Waals surface area contributed by atoms with Gasteiger partial charge >= 0.3 is 6.18 Å². The first kappa shape index (κ1) is 19.5. The van der Waals surface area contributed by atoms with Crippen LogP contribution in [-0.4, -0.2) is 49.1 Å². The summed E-state index contributed by atoms with van der Waals surface area (Å²) in [5, 5.41) is 5.83. The third-order valence-electron chi connectivity index (χ3n) is 2.42. The second-order valence-corrected chi connectivity index (χ2v) is 6.82. The van der Waals surface area contributed by atoms with Crippen molar-refractivity contribution in [1.82, 2.24) is 18.1 Å². The highest BCUT2D eigenvalue weighted by Crippen LogP contribution is 2.17. The summed E-state index contributed by atoms with van der Waals surface area (Å²) >= 11 is 3.61. The molecular weight excluding hydrogens is 399 g/mol. The van der Waals surface area contributed by atoms with E-state index in [-0.39, 0.29) is 5.96 Å². The molecule has 0 fully saturated rings. The largest absolute Gasteiger partial charge is 0.408 e. The van der Waals surface area contributed by atoms with Crippen LogP contribution in [0.2, 0.25) is 0 Å². The number of alkyl halides is 3. The zero-order valence-corrected chi connectivity index (χ0v) is 15.0. The maximum Gasteiger partial charge on any atom is 0.408 e. The summed E-state index contributed by atoms with van der Waals surface area (Å²) in [6.45, 7) is -0.702. The van der Waals surface area contributed by atoms with E-state index in [4.69, 9.17) is 11.5 Å². The van der Waals surface area contributed by atoms with Crippen molar-refractivity contribution < 1.29 is 13.2 Å². The third-order valence-corrected chi connectivity index (χ3v) is 4.58. The predicted molar refractivity (Wildman–Crippen MR) is 95.0 cm³/mol. The number of anilines is 3. The van der Waals surface area contributed by atoms with E-state index in [1.807, 2.05) is 0 Å². The maximum atomic E-state index is 12.0. The first-order valence-electron chi connectivity index (χ1n) is 6.69. The third kappa shape index (κ3) is 7.27. The minimum Gasteiger partial charge on any atom is -0.380 e. The van der Waals surface area contributed by atoms with Gasteiger partial charge in [-0.3, -0.25) is 0 Å². The molecule has 0 atom stereocenters. The van der Waals surface area contributed by atoms with Gasteiger partial charge in [0.2, 0.25) is 5.13 Å². The van der Waals surface area contributed by atoms with Gasteiger partial charge in [0.25, 0.3) is 0 Å². The summed E-state index contributed by atoms with van der Waals surface area (Å²) in [5.74, 6) is 2.44. The first-order valence-corrected chi connectivity index (χ1v) is 9.35. The fourth-order valence-electron chi connectivity index (χ4n) is 1.41. The molecule has 0 radical (unpaired) electrons. The van der Waals surface area contributed by atoms with E-state index < -0.39 is 12.7 Å². The van der Waals surface area contributed by atoms with E-state index in [2.05, 4.69) is 33.7 Å². The van der Waals surface area contributed by atoms with E-state index >= 15 is 0 Å². The number of rotatable bonds is 8. The molecule has 6 N–H and O–H groups in total. The van der Waals surface area contributed by atoms with E-state index in [1.165, 1.54) is 0 Å². The summed E-state index contributed by atoms with van der Waals surface area (Å²) in [6.07, 6.45) is -4.40. The molecule has 2 heterocycles. The van der Waals surface area contributed by atoms with Crippen LogP contribution in [0.5, 0.6) is 0 Å². The molecule has 0 bridgehead atoms. The number of aliphatic imine (C=N–C) groups is 1. The van der Waals surface area contributed by atoms with Crippen LogP contribution in [0, 0.1) is 0 Å². The lowest BCUT2D eigenvalue weighted by Gasteiger charge is -2.04. The average Bonchev–Trinajstić information content (AvgIpc) is 3.14. The van der Waals surface area contributed by atoms with Crippen molar-refractivity contribution >= 4 is 57.7 Å². The standard InChI is InChI=1S/C10H14F3N9S3/c11-10(12,13)4-17-8(15)19-9-18-5(20-24-9)3-23-2-1-16-7-6(14)21-25-22-7/h1-4H2,(H2,14,21)(H,16,22)(H3,15,17,18,19,20). The van der Waals surface area contributed by atoms with Crippen molar-refractivity contribution in [3.8, 4) is 0 Å². The average molecular weight is 413 g/mol. The molecule has 0 aliphatic rings. The van der Waals surface area contributed by atoms with Gasteiger partial charge in [0.1, 0.15) is 6.54 Å². The van der Waals surface area contributed by atoms with Crippen LogP contribution in [0.1, 0.15) is 5.82 Å². The number of hydrogen-bond acceptors (Lipinski definition) is 10. The Morgan fingerprint density at radius 1 is 1.28 bits per heavy atom. The summed E-state index contributed by atoms with van der Waals surface area (Å²) in [7, 11) is 0. The highest BCUT2D eigenvalue weighted by Gasteiger charge is 2.26. The number of halogens is 3. The lowest BCUT2D eigenvalue weighted by atomic mass is 10.6. The molecule has 2 rings (SSSR count). The predicted octanol–water partition coefficient (Wildman–Crippen LogP) is 1.61. The van der Waals surface area contributed by atoms with E-state index in [0.717, 1.165) is 29.0 Å². The molecule has 0 unspecified atom stereocenters. The van der Waals surface area contributed by atoms with Crippen LogP contribution >= 0.6 is 35.0 Å². The topological polar surface area (TPSA) is 140 Å². The van der Waals surface area contributed by atoms with Gasteiger partial charge in [-0.15, -0.1) is 0 Å². The molecule has 0 amide bonds. The lowest BCUT2D eigenvalue weighted by Crippen LogP contribution is -2.25. The number of thioether (sulfide) groups is 1. The number of nitrogens with zero attached hydrogens (tertiary/aromatic N) is 5. The maximum absolute atomic E-state index is 12.0. The highest BCUT2D eigenvalue weighted by molar-refractivity contribution is 7.98. The quantitative estimate of drug-likeness (QED) is 0.288. The van der Waals surface area contributed by atoms with Crippen LogP contribution in [0.3, 0.4) is 0 Å². The van der Waals surface area contributed by atoms with Crippen molar-refractivity contribution in [1.29, 1.82) is 0 Å². The van der Waals surface area contributed by atoms with Crippen LogP contribution in [0.4, 0.5) is 29.9 Å². The van der Waals surface area contributed by atoms with Crippen molar-refractivity contribution in [2.45, 2.75) is 11.9 Å². The van der Waals surface area contributed by atoms with Gasteiger partial charge in [-0.25, -0.2) is 9.98 Å². The Morgan fingerprint density at radius 2 is 2.08 bits per heavy atom. The molecule has 2 aromatic heterocycles. The number of nitrogen functional groups attached to an aromatic ring is 1. The molecule has 9 nitrogen and oxygen atoms in total. The van der Waals surface area contributed by atoms with Gasteiger partial charge in [-0.1, -0.05) is 0 Å². The lowest BCUT2D eigenvalue weighted by molar-refractivity contribution is -0.118. The van der Waals surface area contributed by atoms with Crippen LogP contribution < -0.4 is 22.1 Å². The molecule has 0 saturated heterocycles. The van der Waals surface area contributed by atoms with Gasteiger partial charge in [0.05, 0.1) is 17.5 Å². The number of hydrogen-bond donors (Lipinski definition) is 4. The van der Waals surface area contributed by atoms with Gasteiger partial charge < -0.3 is 22.1 Å². The van der Waals surface area contributed by atoms with Crippen molar-refractivity contribution in [3.05, 3.63) is 5.82 Å². The normalized spacial score (nSPS) is 12.4. The first-order chi connectivity index (χ1) is 11.8. The Labute approximate surface area is 153 Å². The highest BCUT2D eigenvalue weighted by atomic mass is 32.2. The fourth-order valence-corrected chi connectivity index (χ4v) is 3.24. The van der Waals surface area contributed by atoms with Crippen molar-refractivity contribution in [2.75, 3.05) is 35.2 Å². The smallest absolute Gasteiger partial charge is 0.380 e. The molecule has 0 aromatic carbocycles. The van der Waals surface area contributed by atoms with Crippen LogP contribution in [0.25, 0.3) is 0 Å². The molecule has 0 aliphatic carbocycles. The minimum absolute atomic E-state index is 0.290. The molecule has 0 aliphatic heterocycles. The van der Waals surface area contributed by atoms with Crippen LogP contribution in [-0.2, 0) is 5.75 Å². The van der Waals surface area contributed by atoms with Gasteiger partial charge in [-0.2, -0.15) is 38.1 Å². The number of nitrogens with two attached hydrogens (primary N) is 2. The minimum atomic E-state index is -4.40. The molecular formula is C10H14F3N9S3. The Morgan fingerprint density at radius 3 is 2.76 bits per heavy atom. The second-order valence-electron chi connectivity index (χ2n) is 4.43. The Bertz CT molecular complexity index is 699. The molecule has 25 heavy (non-hydrogen) atoms. The Kier molecular flexibility index (Phi) is 7.01. The van der Waals surface area contributed by atoms with E-state index in [1.54, 1.807) is 11.8 Å². The zero-order chi connectivity index (χ0) is 18.3. The van der Waals surface area contributed by atoms with Crippen molar-refractivity contribution in [2.24, 2.45) is 10.7 Å². The van der Waals surface area contributed by atoms with E-state index in [9.17, 15) is 13.2 Å². The zero-order valence-electron chi connectivity index (χ0n) is 12.6. The summed E-state index contributed by atoms with van der Waals surface area (Å²) < 4.78 is 48.0. The second kappa shape index (κ2) is 9.00. The summed E-state index contributed by atoms with van der Waals surface area (Å²) in [4.78, 5) is 7.31. The summed E-state index contributed by atoms with van der Waals surface area (Å²) in [5.41, 5.74) is 11.0. The number of guanidine groups is 1. The van der Waals surface area contributed by atoms with Gasteiger partial charge in [0, 0.05) is 23.8 Å². The molecule has 0 spiro atoms. The Balaban J connectivity index is 1.68.